The molecule has 72 valence electrons. The summed E-state index contributed by atoms with van der Waals surface area (Å²) in [5.41, 5.74) is 5.87. The maximum Gasteiger partial charge on any atom is 0.0462 e. The van der Waals surface area contributed by atoms with E-state index in [-0.39, 0.29) is 0 Å². The van der Waals surface area contributed by atoms with Gasteiger partial charge in [0.2, 0.25) is 0 Å². The maximum absolute atomic E-state index is 5.87. The highest BCUT2D eigenvalue weighted by Gasteiger charge is 2.20. The van der Waals surface area contributed by atoms with Gasteiger partial charge in [-0.05, 0) is 25.7 Å². The molecule has 3 N–H and O–H groups in total. The van der Waals surface area contributed by atoms with Gasteiger partial charge in [0.25, 0.3) is 0 Å². The minimum Gasteiger partial charge on any atom is -0.385 e. The average molecular weight is 172 g/mol. The van der Waals surface area contributed by atoms with E-state index in [9.17, 15) is 0 Å². The largest absolute Gasteiger partial charge is 0.385 e. The summed E-state index contributed by atoms with van der Waals surface area (Å²) < 4.78 is 4.95. The lowest BCUT2D eigenvalue weighted by Gasteiger charge is -2.11. The summed E-state index contributed by atoms with van der Waals surface area (Å²) in [6.45, 7) is 1.80. The zero-order chi connectivity index (χ0) is 8.81. The zero-order valence-corrected chi connectivity index (χ0v) is 7.88. The molecule has 12 heavy (non-hydrogen) atoms. The number of methoxy groups -OCH3 is 1. The molecule has 0 amide bonds. The van der Waals surface area contributed by atoms with Crippen LogP contribution in [0.3, 0.4) is 0 Å². The van der Waals surface area contributed by atoms with Crippen molar-refractivity contribution < 1.29 is 4.74 Å². The monoisotopic (exact) mass is 172 g/mol. The maximum atomic E-state index is 5.87. The van der Waals surface area contributed by atoms with Gasteiger partial charge in [0.1, 0.15) is 0 Å². The van der Waals surface area contributed by atoms with E-state index in [2.05, 4.69) is 5.32 Å². The number of nitrogens with two attached hydrogens (primary N) is 1. The van der Waals surface area contributed by atoms with Crippen molar-refractivity contribution in [3.05, 3.63) is 0 Å². The Labute approximate surface area is 74.7 Å². The molecule has 0 aromatic heterocycles. The van der Waals surface area contributed by atoms with Gasteiger partial charge in [-0.1, -0.05) is 0 Å². The van der Waals surface area contributed by atoms with Crippen LogP contribution in [-0.2, 0) is 4.74 Å². The van der Waals surface area contributed by atoms with Crippen molar-refractivity contribution in [2.24, 2.45) is 5.73 Å². The van der Waals surface area contributed by atoms with Gasteiger partial charge in [0, 0.05) is 32.3 Å². The summed E-state index contributed by atoms with van der Waals surface area (Å²) in [5, 5.41) is 3.42. The van der Waals surface area contributed by atoms with Crippen LogP contribution in [0.15, 0.2) is 0 Å². The van der Waals surface area contributed by atoms with Crippen molar-refractivity contribution in [3.63, 3.8) is 0 Å². The first-order chi connectivity index (χ1) is 5.83. The van der Waals surface area contributed by atoms with Crippen LogP contribution in [0.4, 0.5) is 0 Å². The van der Waals surface area contributed by atoms with Crippen LogP contribution < -0.4 is 11.1 Å². The molecule has 0 radical (unpaired) electrons. The molecular weight excluding hydrogens is 152 g/mol. The summed E-state index contributed by atoms with van der Waals surface area (Å²) in [5.74, 6) is 0. The highest BCUT2D eigenvalue weighted by molar-refractivity contribution is 4.82. The van der Waals surface area contributed by atoms with E-state index in [4.69, 9.17) is 10.5 Å². The number of rotatable bonds is 7. The molecule has 0 spiro atoms. The van der Waals surface area contributed by atoms with Crippen molar-refractivity contribution in [1.82, 2.24) is 5.32 Å². The molecule has 1 rings (SSSR count). The molecular formula is C9H20N2O. The molecule has 3 heteroatoms. The van der Waals surface area contributed by atoms with E-state index in [1.807, 2.05) is 0 Å². The normalized spacial score (nSPS) is 19.5. The summed E-state index contributed by atoms with van der Waals surface area (Å²) >= 11 is 0. The van der Waals surface area contributed by atoms with Crippen LogP contribution >= 0.6 is 0 Å². The van der Waals surface area contributed by atoms with Crippen LogP contribution in [0, 0.1) is 0 Å². The molecule has 0 heterocycles. The molecule has 0 aliphatic heterocycles. The second-order valence-corrected chi connectivity index (χ2v) is 3.58. The van der Waals surface area contributed by atoms with Gasteiger partial charge in [-0.3, -0.25) is 0 Å². The quantitative estimate of drug-likeness (QED) is 0.549. The Kier molecular flexibility index (Phi) is 4.58. The predicted octanol–water partition coefficient (Wildman–Crippen LogP) is 0.492. The third-order valence-electron chi connectivity index (χ3n) is 2.17. The SMILES string of the molecule is COCCCC(N)CNC1CC1. The van der Waals surface area contributed by atoms with Crippen LogP contribution in [0.5, 0.6) is 0 Å². The van der Waals surface area contributed by atoms with Crippen LogP contribution in [0.1, 0.15) is 25.7 Å². The molecule has 1 saturated carbocycles. The van der Waals surface area contributed by atoms with Crippen LogP contribution in [0.25, 0.3) is 0 Å². The minimum atomic E-state index is 0.306. The van der Waals surface area contributed by atoms with Crippen molar-refractivity contribution >= 4 is 0 Å². The second kappa shape index (κ2) is 5.51. The molecule has 0 bridgehead atoms. The number of hydrogen-bond donors (Lipinski definition) is 2. The van der Waals surface area contributed by atoms with E-state index in [0.717, 1.165) is 32.0 Å². The van der Waals surface area contributed by atoms with Crippen molar-refractivity contribution in [2.75, 3.05) is 20.3 Å². The van der Waals surface area contributed by atoms with Gasteiger partial charge >= 0.3 is 0 Å². The van der Waals surface area contributed by atoms with E-state index in [0.29, 0.717) is 6.04 Å². The topological polar surface area (TPSA) is 47.3 Å². The standard InChI is InChI=1S/C9H20N2O/c1-12-6-2-3-8(10)7-11-9-4-5-9/h8-9,11H,2-7,10H2,1H3. The average Bonchev–Trinajstić information content (AvgIpc) is 2.84. The summed E-state index contributed by atoms with van der Waals surface area (Å²) in [7, 11) is 1.73. The fourth-order valence-electron chi connectivity index (χ4n) is 1.20. The first-order valence-corrected chi connectivity index (χ1v) is 4.81. The first kappa shape index (κ1) is 9.96. The third-order valence-corrected chi connectivity index (χ3v) is 2.17. The lowest BCUT2D eigenvalue weighted by atomic mass is 10.2. The number of ether oxygens (including phenoxy) is 1. The summed E-state index contributed by atoms with van der Waals surface area (Å²) in [6.07, 6.45) is 4.81. The number of hydrogen-bond acceptors (Lipinski definition) is 3. The van der Waals surface area contributed by atoms with Gasteiger partial charge in [-0.25, -0.2) is 0 Å². The lowest BCUT2D eigenvalue weighted by molar-refractivity contribution is 0.190. The Bertz CT molecular complexity index is 115. The molecule has 1 unspecified atom stereocenters. The second-order valence-electron chi connectivity index (χ2n) is 3.58. The van der Waals surface area contributed by atoms with E-state index in [1.54, 1.807) is 7.11 Å². The van der Waals surface area contributed by atoms with Gasteiger partial charge in [-0.15, -0.1) is 0 Å². The van der Waals surface area contributed by atoms with Crippen molar-refractivity contribution in [2.45, 2.75) is 37.8 Å². The van der Waals surface area contributed by atoms with Gasteiger partial charge in [0.15, 0.2) is 0 Å². The third kappa shape index (κ3) is 4.70. The van der Waals surface area contributed by atoms with Crippen LogP contribution in [0.2, 0.25) is 0 Å². The molecule has 1 aliphatic carbocycles. The van der Waals surface area contributed by atoms with E-state index >= 15 is 0 Å². The Morgan fingerprint density at radius 3 is 2.92 bits per heavy atom. The van der Waals surface area contributed by atoms with E-state index < -0.39 is 0 Å². The highest BCUT2D eigenvalue weighted by Crippen LogP contribution is 2.18. The number of nitrogens with one attached hydrogen (secondary N) is 1. The van der Waals surface area contributed by atoms with Gasteiger partial charge < -0.3 is 15.8 Å². The molecule has 1 atom stereocenters. The Morgan fingerprint density at radius 1 is 1.58 bits per heavy atom. The van der Waals surface area contributed by atoms with Crippen molar-refractivity contribution in [1.29, 1.82) is 0 Å². The van der Waals surface area contributed by atoms with Crippen molar-refractivity contribution in [3.8, 4) is 0 Å². The van der Waals surface area contributed by atoms with E-state index in [1.165, 1.54) is 12.8 Å². The smallest absolute Gasteiger partial charge is 0.0462 e. The minimum absolute atomic E-state index is 0.306. The molecule has 0 aromatic carbocycles. The summed E-state index contributed by atoms with van der Waals surface area (Å²) in [4.78, 5) is 0. The summed E-state index contributed by atoms with van der Waals surface area (Å²) in [6, 6.07) is 1.08. The molecule has 0 aromatic rings. The molecule has 1 fully saturated rings. The van der Waals surface area contributed by atoms with Gasteiger partial charge in [0.05, 0.1) is 0 Å². The molecule has 1 aliphatic rings. The fourth-order valence-corrected chi connectivity index (χ4v) is 1.20. The Balaban J connectivity index is 1.84. The first-order valence-electron chi connectivity index (χ1n) is 4.81. The molecule has 3 nitrogen and oxygen atoms in total. The highest BCUT2D eigenvalue weighted by atomic mass is 16.5. The predicted molar refractivity (Wildman–Crippen MR) is 50.1 cm³/mol. The van der Waals surface area contributed by atoms with Gasteiger partial charge in [-0.2, -0.15) is 0 Å². The lowest BCUT2D eigenvalue weighted by Crippen LogP contribution is -2.35. The fraction of sp³-hybridized carbons (Fsp3) is 1.00. The van der Waals surface area contributed by atoms with Crippen LogP contribution in [-0.4, -0.2) is 32.3 Å². The Morgan fingerprint density at radius 2 is 2.33 bits per heavy atom. The molecule has 0 saturated heterocycles. The zero-order valence-electron chi connectivity index (χ0n) is 7.88. The Hall–Kier alpha value is -0.120.